The van der Waals surface area contributed by atoms with E-state index in [0.717, 1.165) is 25.7 Å². The first kappa shape index (κ1) is 32.4. The van der Waals surface area contributed by atoms with Gasteiger partial charge in [0.1, 0.15) is 12.6 Å². The highest BCUT2D eigenvalue weighted by Crippen LogP contribution is 2.18. The Kier molecular flexibility index (Phi) is 25.7. The fourth-order valence-corrected chi connectivity index (χ4v) is 4.19. The Morgan fingerprint density at radius 2 is 0.800 bits per heavy atom. The second-order valence-electron chi connectivity index (χ2n) is 9.51. The van der Waals surface area contributed by atoms with Gasteiger partial charge < -0.3 is 12.4 Å². The Morgan fingerprint density at radius 3 is 1.17 bits per heavy atom. The molecule has 0 aliphatic carbocycles. The molecule has 0 fully saturated rings. The van der Waals surface area contributed by atoms with Gasteiger partial charge in [0.2, 0.25) is 0 Å². The molecule has 0 aromatic heterocycles. The van der Waals surface area contributed by atoms with E-state index in [2.05, 4.69) is 13.8 Å². The predicted molar refractivity (Wildman–Crippen MR) is 126 cm³/mol. The molecule has 0 saturated heterocycles. The van der Waals surface area contributed by atoms with Crippen molar-refractivity contribution in [1.82, 2.24) is 0 Å². The van der Waals surface area contributed by atoms with Crippen LogP contribution in [0, 0.1) is 0 Å². The van der Waals surface area contributed by atoms with E-state index >= 15 is 0 Å². The predicted octanol–water partition coefficient (Wildman–Crippen LogP) is 6.21. The van der Waals surface area contributed by atoms with E-state index in [4.69, 9.17) is 0 Å². The Morgan fingerprint density at radius 1 is 0.500 bits per heavy atom. The molecule has 0 aliphatic rings. The minimum atomic E-state index is -0.769. The van der Waals surface area contributed by atoms with Crippen LogP contribution in [0.25, 0.3) is 0 Å². The van der Waals surface area contributed by atoms with Crippen molar-refractivity contribution < 1.29 is 27.6 Å². The maximum absolute atomic E-state index is 10.3. The Bertz CT molecular complexity index is 326. The van der Waals surface area contributed by atoms with Crippen LogP contribution >= 0.6 is 0 Å². The zero-order chi connectivity index (χ0) is 21.6. The third-order valence-corrected chi connectivity index (χ3v) is 6.52. The summed E-state index contributed by atoms with van der Waals surface area (Å²) in [5.41, 5.74) is 0. The summed E-state index contributed by atoms with van der Waals surface area (Å²) < 4.78 is 0. The SMILES string of the molecule is CCCCCCCCCCCCC(C)[N+](O)(O)CCCCCCCCCCCC.[Cl-]. The highest BCUT2D eigenvalue weighted by Gasteiger charge is 2.30. The number of hydrogen-bond donors (Lipinski definition) is 2. The summed E-state index contributed by atoms with van der Waals surface area (Å²) in [5.74, 6) is 0. The smallest absolute Gasteiger partial charge is 0.149 e. The van der Waals surface area contributed by atoms with Crippen LogP contribution in [-0.2, 0) is 0 Å². The topological polar surface area (TPSA) is 40.5 Å². The van der Waals surface area contributed by atoms with Gasteiger partial charge in [-0.25, -0.2) is 0 Å². The third-order valence-electron chi connectivity index (χ3n) is 6.52. The molecule has 0 aromatic rings. The summed E-state index contributed by atoms with van der Waals surface area (Å²) in [6, 6.07) is -0.0670. The fraction of sp³-hybridized carbons (Fsp3) is 1.00. The molecule has 0 aliphatic heterocycles. The zero-order valence-electron chi connectivity index (χ0n) is 20.9. The fourth-order valence-electron chi connectivity index (χ4n) is 4.19. The molecule has 0 bridgehead atoms. The summed E-state index contributed by atoms with van der Waals surface area (Å²) in [5, 5.41) is 20.7. The molecule has 30 heavy (non-hydrogen) atoms. The quantitative estimate of drug-likeness (QED) is 0.111. The van der Waals surface area contributed by atoms with E-state index < -0.39 is 4.81 Å². The summed E-state index contributed by atoms with van der Waals surface area (Å²) >= 11 is 0. The molecule has 0 heterocycles. The van der Waals surface area contributed by atoms with Crippen LogP contribution in [0.1, 0.15) is 156 Å². The molecule has 0 spiro atoms. The number of rotatable bonds is 23. The molecule has 1 atom stereocenters. The lowest BCUT2D eigenvalue weighted by atomic mass is 10.0. The Balaban J connectivity index is 0. The molecule has 0 amide bonds. The van der Waals surface area contributed by atoms with Gasteiger partial charge in [0.15, 0.2) is 0 Å². The van der Waals surface area contributed by atoms with Crippen molar-refractivity contribution in [3.8, 4) is 0 Å². The lowest BCUT2D eigenvalue weighted by molar-refractivity contribution is -1.26. The van der Waals surface area contributed by atoms with E-state index in [-0.39, 0.29) is 18.4 Å². The second-order valence-corrected chi connectivity index (χ2v) is 9.51. The number of unbranched alkanes of at least 4 members (excludes halogenated alkanes) is 18. The maximum atomic E-state index is 10.3. The lowest BCUT2D eigenvalue weighted by Crippen LogP contribution is -3.00. The standard InChI is InChI=1S/C26H56NO2.ClH/c1-4-6-8-10-12-14-16-18-20-22-24-26(3)27(28,29)25-23-21-19-17-15-13-11-9-7-5-2;/h26,28-29H,4-25H2,1-3H3;1H/q+1;/p-1. The molecule has 4 heteroatoms. The highest BCUT2D eigenvalue weighted by molar-refractivity contribution is 4.53. The third kappa shape index (κ3) is 21.4. The van der Waals surface area contributed by atoms with Crippen molar-refractivity contribution >= 4 is 0 Å². The number of nitrogens with zero attached hydrogens (tertiary/aromatic N) is 1. The molecule has 0 saturated carbocycles. The number of quaternary nitrogens is 1. The van der Waals surface area contributed by atoms with Crippen LogP contribution in [0.3, 0.4) is 0 Å². The van der Waals surface area contributed by atoms with Gasteiger partial charge in [-0.05, 0) is 24.6 Å². The van der Waals surface area contributed by atoms with Gasteiger partial charge >= 0.3 is 0 Å². The van der Waals surface area contributed by atoms with E-state index in [1.165, 1.54) is 109 Å². The summed E-state index contributed by atoms with van der Waals surface area (Å²) in [6.07, 6.45) is 27.0. The zero-order valence-corrected chi connectivity index (χ0v) is 21.6. The van der Waals surface area contributed by atoms with Crippen molar-refractivity contribution in [1.29, 1.82) is 0 Å². The summed E-state index contributed by atoms with van der Waals surface area (Å²) in [7, 11) is 0. The van der Waals surface area contributed by atoms with Crippen molar-refractivity contribution in [3.63, 3.8) is 0 Å². The highest BCUT2D eigenvalue weighted by atomic mass is 35.5. The molecule has 0 radical (unpaired) electrons. The Hall–Kier alpha value is 0.170. The van der Waals surface area contributed by atoms with Gasteiger partial charge in [0.05, 0.1) is 0 Å². The van der Waals surface area contributed by atoms with E-state index in [9.17, 15) is 10.4 Å². The monoisotopic (exact) mass is 449 g/mol. The molecule has 0 rings (SSSR count). The second kappa shape index (κ2) is 23.8. The van der Waals surface area contributed by atoms with Crippen LogP contribution < -0.4 is 12.4 Å². The minimum Gasteiger partial charge on any atom is -1.00 e. The van der Waals surface area contributed by atoms with Gasteiger partial charge in [-0.2, -0.15) is 10.4 Å². The van der Waals surface area contributed by atoms with Gasteiger partial charge in [0.25, 0.3) is 0 Å². The molecule has 2 N–H and O–H groups in total. The number of halogens is 1. The van der Waals surface area contributed by atoms with E-state index in [0.29, 0.717) is 6.54 Å². The van der Waals surface area contributed by atoms with Crippen molar-refractivity contribution in [2.24, 2.45) is 0 Å². The van der Waals surface area contributed by atoms with Crippen LogP contribution in [0.4, 0.5) is 0 Å². The number of hydroxylamine groups is 4. The van der Waals surface area contributed by atoms with Crippen molar-refractivity contribution in [3.05, 3.63) is 0 Å². The molecule has 0 aromatic carbocycles. The molecule has 184 valence electrons. The van der Waals surface area contributed by atoms with Crippen molar-refractivity contribution in [2.45, 2.75) is 162 Å². The number of hydrogen-bond acceptors (Lipinski definition) is 2. The van der Waals surface area contributed by atoms with Gasteiger partial charge in [0, 0.05) is 12.8 Å². The van der Waals surface area contributed by atoms with Crippen LogP contribution in [0.2, 0.25) is 0 Å². The maximum Gasteiger partial charge on any atom is 0.149 e. The van der Waals surface area contributed by atoms with Crippen LogP contribution in [-0.4, -0.2) is 27.8 Å². The van der Waals surface area contributed by atoms with Gasteiger partial charge in [-0.3, -0.25) is 0 Å². The average Bonchev–Trinajstić information content (AvgIpc) is 2.70. The summed E-state index contributed by atoms with van der Waals surface area (Å²) in [6.45, 7) is 7.00. The molecule has 1 unspecified atom stereocenters. The minimum absolute atomic E-state index is 0. The average molecular weight is 450 g/mol. The van der Waals surface area contributed by atoms with E-state index in [1.54, 1.807) is 0 Å². The van der Waals surface area contributed by atoms with Crippen molar-refractivity contribution in [2.75, 3.05) is 6.54 Å². The van der Waals surface area contributed by atoms with E-state index in [1.807, 2.05) is 6.92 Å². The van der Waals surface area contributed by atoms with Gasteiger partial charge in [-0.1, -0.05) is 123 Å². The van der Waals surface area contributed by atoms with Crippen LogP contribution in [0.15, 0.2) is 0 Å². The largest absolute Gasteiger partial charge is 1.00 e. The summed E-state index contributed by atoms with van der Waals surface area (Å²) in [4.78, 5) is -0.769. The molecular formula is C26H56ClNO2. The normalized spacial score (nSPS) is 12.7. The lowest BCUT2D eigenvalue weighted by Gasteiger charge is -2.27. The first-order valence-corrected chi connectivity index (χ1v) is 13.4. The molecule has 3 nitrogen and oxygen atoms in total. The van der Waals surface area contributed by atoms with Crippen LogP contribution in [0.5, 0.6) is 0 Å². The first-order chi connectivity index (χ1) is 14.0. The Labute approximate surface area is 195 Å². The molecular weight excluding hydrogens is 394 g/mol. The van der Waals surface area contributed by atoms with Gasteiger partial charge in [-0.15, -0.1) is 0 Å². The first-order valence-electron chi connectivity index (χ1n) is 13.4.